The Kier molecular flexibility index (Phi) is 4.39. The summed E-state index contributed by atoms with van der Waals surface area (Å²) in [6.07, 6.45) is 5.42. The first kappa shape index (κ1) is 15.6. The Morgan fingerprint density at radius 3 is 2.65 bits per heavy atom. The molecule has 1 atom stereocenters. The third kappa shape index (κ3) is 2.97. The van der Waals surface area contributed by atoms with Crippen molar-refractivity contribution in [1.82, 2.24) is 9.88 Å². The smallest absolute Gasteiger partial charge is 0.252 e. The number of aromatic nitrogens is 1. The predicted molar refractivity (Wildman–Crippen MR) is 91.3 cm³/mol. The van der Waals surface area contributed by atoms with E-state index in [9.17, 15) is 4.79 Å². The molecule has 2 heterocycles. The largest absolute Gasteiger partial charge is 0.493 e. The highest BCUT2D eigenvalue weighted by atomic mass is 16.5. The van der Waals surface area contributed by atoms with Gasteiger partial charge in [-0.3, -0.25) is 9.69 Å². The molecule has 1 aliphatic heterocycles. The SMILES string of the molecule is CC[C@@H]1C=CCN1Cc1cc2cc(OC)c(OC)cc2[nH]c1=O. The summed E-state index contributed by atoms with van der Waals surface area (Å²) in [7, 11) is 3.19. The molecule has 5 nitrogen and oxygen atoms in total. The zero-order valence-corrected chi connectivity index (χ0v) is 13.8. The molecule has 1 aromatic heterocycles. The van der Waals surface area contributed by atoms with Gasteiger partial charge in [-0.1, -0.05) is 19.1 Å². The average Bonchev–Trinajstić information content (AvgIpc) is 3.01. The molecule has 3 rings (SSSR count). The lowest BCUT2D eigenvalue weighted by Gasteiger charge is -2.23. The van der Waals surface area contributed by atoms with E-state index in [4.69, 9.17) is 9.47 Å². The minimum absolute atomic E-state index is 0.0496. The van der Waals surface area contributed by atoms with Gasteiger partial charge in [-0.25, -0.2) is 0 Å². The van der Waals surface area contributed by atoms with Gasteiger partial charge in [0.1, 0.15) is 0 Å². The van der Waals surface area contributed by atoms with Crippen LogP contribution in [0.3, 0.4) is 0 Å². The van der Waals surface area contributed by atoms with Crippen molar-refractivity contribution in [3.8, 4) is 11.5 Å². The highest BCUT2D eigenvalue weighted by Gasteiger charge is 2.19. The van der Waals surface area contributed by atoms with Gasteiger partial charge in [-0.2, -0.15) is 0 Å². The third-order valence-electron chi connectivity index (χ3n) is 4.38. The Labute approximate surface area is 135 Å². The summed E-state index contributed by atoms with van der Waals surface area (Å²) in [6, 6.07) is 6.05. The van der Waals surface area contributed by atoms with Crippen LogP contribution in [0.4, 0.5) is 0 Å². The average molecular weight is 314 g/mol. The van der Waals surface area contributed by atoms with Crippen LogP contribution in [0.5, 0.6) is 11.5 Å². The van der Waals surface area contributed by atoms with Crippen LogP contribution in [-0.4, -0.2) is 36.7 Å². The van der Waals surface area contributed by atoms with Gasteiger partial charge in [-0.15, -0.1) is 0 Å². The van der Waals surface area contributed by atoms with Gasteiger partial charge >= 0.3 is 0 Å². The maximum absolute atomic E-state index is 12.4. The lowest BCUT2D eigenvalue weighted by Crippen LogP contribution is -2.31. The Bertz CT molecular complexity index is 795. The molecule has 5 heteroatoms. The van der Waals surface area contributed by atoms with E-state index in [2.05, 4.69) is 29.0 Å². The number of hydrogen-bond donors (Lipinski definition) is 1. The number of aromatic amines is 1. The number of nitrogens with one attached hydrogen (secondary N) is 1. The first-order valence-corrected chi connectivity index (χ1v) is 7.85. The molecular formula is C18H22N2O3. The number of nitrogens with zero attached hydrogens (tertiary/aromatic N) is 1. The summed E-state index contributed by atoms with van der Waals surface area (Å²) in [5.74, 6) is 1.27. The molecule has 0 unspecified atom stereocenters. The molecule has 2 aromatic rings. The standard InChI is InChI=1S/C18H22N2O3/c1-4-14-6-5-7-20(14)11-13-8-12-9-16(22-2)17(23-3)10-15(12)19-18(13)21/h5-6,8-10,14H,4,7,11H2,1-3H3,(H,19,21)/t14-/m1/s1. The minimum atomic E-state index is -0.0496. The van der Waals surface area contributed by atoms with Crippen LogP contribution in [0.25, 0.3) is 10.9 Å². The lowest BCUT2D eigenvalue weighted by molar-refractivity contribution is 0.257. The molecule has 0 saturated heterocycles. The maximum atomic E-state index is 12.4. The summed E-state index contributed by atoms with van der Waals surface area (Å²) in [5, 5.41) is 0.942. The third-order valence-corrected chi connectivity index (χ3v) is 4.38. The summed E-state index contributed by atoms with van der Waals surface area (Å²) in [6.45, 7) is 3.70. The van der Waals surface area contributed by atoms with E-state index in [0.717, 1.165) is 29.4 Å². The highest BCUT2D eigenvalue weighted by Crippen LogP contribution is 2.31. The minimum Gasteiger partial charge on any atom is -0.493 e. The summed E-state index contributed by atoms with van der Waals surface area (Å²) >= 11 is 0. The van der Waals surface area contributed by atoms with Gasteiger partial charge in [0, 0.05) is 36.1 Å². The van der Waals surface area contributed by atoms with E-state index >= 15 is 0 Å². The van der Waals surface area contributed by atoms with Crippen LogP contribution in [0.1, 0.15) is 18.9 Å². The van der Waals surface area contributed by atoms with Crippen LogP contribution in [0.15, 0.2) is 35.1 Å². The number of rotatable bonds is 5. The first-order valence-electron chi connectivity index (χ1n) is 7.85. The number of benzene rings is 1. The molecule has 0 aliphatic carbocycles. The number of pyridine rings is 1. The van der Waals surface area contributed by atoms with Gasteiger partial charge in [0.2, 0.25) is 0 Å². The fourth-order valence-corrected chi connectivity index (χ4v) is 3.10. The van der Waals surface area contributed by atoms with Gasteiger partial charge < -0.3 is 14.5 Å². The Morgan fingerprint density at radius 2 is 1.96 bits per heavy atom. The van der Waals surface area contributed by atoms with E-state index in [1.165, 1.54) is 0 Å². The van der Waals surface area contributed by atoms with Crippen LogP contribution in [-0.2, 0) is 6.54 Å². The summed E-state index contributed by atoms with van der Waals surface area (Å²) < 4.78 is 10.6. The van der Waals surface area contributed by atoms with Crippen molar-refractivity contribution in [3.63, 3.8) is 0 Å². The fourth-order valence-electron chi connectivity index (χ4n) is 3.10. The second-order valence-corrected chi connectivity index (χ2v) is 5.75. The van der Waals surface area contributed by atoms with E-state index in [0.29, 0.717) is 24.1 Å². The molecule has 1 N–H and O–H groups in total. The molecule has 1 aromatic carbocycles. The zero-order valence-electron chi connectivity index (χ0n) is 13.8. The van der Waals surface area contributed by atoms with E-state index < -0.39 is 0 Å². The van der Waals surface area contributed by atoms with Crippen LogP contribution in [0.2, 0.25) is 0 Å². The van der Waals surface area contributed by atoms with Crippen LogP contribution >= 0.6 is 0 Å². The molecule has 0 spiro atoms. The number of fused-ring (bicyclic) bond motifs is 1. The van der Waals surface area contributed by atoms with Crippen molar-refractivity contribution >= 4 is 10.9 Å². The van der Waals surface area contributed by atoms with Gasteiger partial charge in [-0.05, 0) is 18.6 Å². The summed E-state index contributed by atoms with van der Waals surface area (Å²) in [4.78, 5) is 17.7. The van der Waals surface area contributed by atoms with Crippen molar-refractivity contribution in [2.24, 2.45) is 0 Å². The van der Waals surface area contributed by atoms with Crippen LogP contribution < -0.4 is 15.0 Å². The second kappa shape index (κ2) is 6.46. The predicted octanol–water partition coefficient (Wildman–Crippen LogP) is 2.70. The Balaban J connectivity index is 1.98. The van der Waals surface area contributed by atoms with Crippen LogP contribution in [0, 0.1) is 0 Å². The normalized spacial score (nSPS) is 17.8. The Hall–Kier alpha value is -2.27. The van der Waals surface area contributed by atoms with Crippen molar-refractivity contribution in [3.05, 3.63) is 46.3 Å². The monoisotopic (exact) mass is 314 g/mol. The molecule has 23 heavy (non-hydrogen) atoms. The van der Waals surface area contributed by atoms with Crippen molar-refractivity contribution < 1.29 is 9.47 Å². The zero-order chi connectivity index (χ0) is 16.4. The van der Waals surface area contributed by atoms with E-state index in [-0.39, 0.29) is 5.56 Å². The molecule has 0 amide bonds. The molecule has 0 saturated carbocycles. The second-order valence-electron chi connectivity index (χ2n) is 5.75. The lowest BCUT2D eigenvalue weighted by atomic mass is 10.1. The molecule has 0 fully saturated rings. The first-order chi connectivity index (χ1) is 11.2. The Morgan fingerprint density at radius 1 is 1.22 bits per heavy atom. The fraction of sp³-hybridized carbons (Fsp3) is 0.389. The van der Waals surface area contributed by atoms with Gasteiger partial charge in [0.05, 0.1) is 19.7 Å². The van der Waals surface area contributed by atoms with E-state index in [1.807, 2.05) is 12.1 Å². The molecular weight excluding hydrogens is 292 g/mol. The van der Waals surface area contributed by atoms with Gasteiger partial charge in [0.25, 0.3) is 5.56 Å². The van der Waals surface area contributed by atoms with E-state index in [1.54, 1.807) is 20.3 Å². The van der Waals surface area contributed by atoms with Crippen molar-refractivity contribution in [2.45, 2.75) is 25.9 Å². The number of methoxy groups -OCH3 is 2. The number of ether oxygens (including phenoxy) is 2. The van der Waals surface area contributed by atoms with Gasteiger partial charge in [0.15, 0.2) is 11.5 Å². The number of H-pyrrole nitrogens is 1. The van der Waals surface area contributed by atoms with Crippen molar-refractivity contribution in [1.29, 1.82) is 0 Å². The topological polar surface area (TPSA) is 54.6 Å². The molecule has 122 valence electrons. The maximum Gasteiger partial charge on any atom is 0.252 e. The quantitative estimate of drug-likeness (QED) is 0.862. The molecule has 0 radical (unpaired) electrons. The van der Waals surface area contributed by atoms with Crippen molar-refractivity contribution in [2.75, 3.05) is 20.8 Å². The number of hydrogen-bond acceptors (Lipinski definition) is 4. The highest BCUT2D eigenvalue weighted by molar-refractivity contribution is 5.83. The summed E-state index contributed by atoms with van der Waals surface area (Å²) in [5.41, 5.74) is 1.47. The molecule has 0 bridgehead atoms. The molecule has 1 aliphatic rings.